The molecule has 1 saturated heterocycles. The Labute approximate surface area is 157 Å². The standard InChI is InChI=1S/C19H26F2N2O4/c1-25-19(7-9-26-10-8-19)12-22-18(24)23-16-4-2-3-13-11-14(27-17(20)21)5-6-15(13)16/h5-6,11,16-17H,2-4,7-10,12H2,1H3,(H2,22,23,24). The summed E-state index contributed by atoms with van der Waals surface area (Å²) in [6.45, 7) is -1.18. The molecule has 1 heterocycles. The van der Waals surface area contributed by atoms with E-state index in [0.717, 1.165) is 43.2 Å². The number of hydrogen-bond donors (Lipinski definition) is 2. The van der Waals surface area contributed by atoms with Crippen molar-refractivity contribution in [2.45, 2.75) is 50.4 Å². The van der Waals surface area contributed by atoms with Crippen LogP contribution in [0.2, 0.25) is 0 Å². The Bertz CT molecular complexity index is 651. The van der Waals surface area contributed by atoms with Gasteiger partial charge in [0, 0.05) is 39.7 Å². The van der Waals surface area contributed by atoms with Crippen LogP contribution in [0.5, 0.6) is 5.75 Å². The van der Waals surface area contributed by atoms with E-state index in [1.54, 1.807) is 19.2 Å². The molecule has 0 aromatic heterocycles. The predicted octanol–water partition coefficient (Wildman–Crippen LogP) is 3.16. The summed E-state index contributed by atoms with van der Waals surface area (Å²) in [6, 6.07) is 4.50. The molecule has 6 nitrogen and oxygen atoms in total. The largest absolute Gasteiger partial charge is 0.435 e. The monoisotopic (exact) mass is 384 g/mol. The van der Waals surface area contributed by atoms with Crippen LogP contribution in [0.1, 0.15) is 42.9 Å². The highest BCUT2D eigenvalue weighted by molar-refractivity contribution is 5.74. The summed E-state index contributed by atoms with van der Waals surface area (Å²) in [6.07, 6.45) is 3.93. The molecule has 27 heavy (non-hydrogen) atoms. The fourth-order valence-electron chi connectivity index (χ4n) is 3.76. The number of halogens is 2. The topological polar surface area (TPSA) is 68.8 Å². The fourth-order valence-corrected chi connectivity index (χ4v) is 3.76. The smallest absolute Gasteiger partial charge is 0.387 e. The van der Waals surface area contributed by atoms with Gasteiger partial charge in [-0.15, -0.1) is 0 Å². The van der Waals surface area contributed by atoms with Crippen molar-refractivity contribution in [3.8, 4) is 5.75 Å². The molecule has 2 N–H and O–H groups in total. The number of fused-ring (bicyclic) bond motifs is 1. The molecular formula is C19H26F2N2O4. The van der Waals surface area contributed by atoms with E-state index in [-0.39, 0.29) is 23.4 Å². The van der Waals surface area contributed by atoms with Crippen LogP contribution in [0.4, 0.5) is 13.6 Å². The Morgan fingerprint density at radius 2 is 2.15 bits per heavy atom. The number of carbonyl (C=O) groups excluding carboxylic acids is 1. The van der Waals surface area contributed by atoms with E-state index in [1.807, 2.05) is 0 Å². The van der Waals surface area contributed by atoms with Crippen LogP contribution in [0.3, 0.4) is 0 Å². The van der Waals surface area contributed by atoms with Crippen molar-refractivity contribution in [1.82, 2.24) is 10.6 Å². The van der Waals surface area contributed by atoms with Crippen LogP contribution in [-0.4, -0.2) is 45.1 Å². The fraction of sp³-hybridized carbons (Fsp3) is 0.632. The molecule has 1 fully saturated rings. The predicted molar refractivity (Wildman–Crippen MR) is 95.1 cm³/mol. The first-order chi connectivity index (χ1) is 13.0. The summed E-state index contributed by atoms with van der Waals surface area (Å²) in [5.41, 5.74) is 1.50. The Balaban J connectivity index is 1.59. The van der Waals surface area contributed by atoms with Gasteiger partial charge in [0.1, 0.15) is 5.75 Å². The Kier molecular flexibility index (Phi) is 6.49. The molecule has 1 aliphatic heterocycles. The highest BCUT2D eigenvalue weighted by Gasteiger charge is 2.33. The molecule has 1 aliphatic carbocycles. The maximum Gasteiger partial charge on any atom is 0.387 e. The van der Waals surface area contributed by atoms with Gasteiger partial charge < -0.3 is 24.8 Å². The highest BCUT2D eigenvalue weighted by atomic mass is 19.3. The van der Waals surface area contributed by atoms with Gasteiger partial charge in [-0.1, -0.05) is 6.07 Å². The van der Waals surface area contributed by atoms with Gasteiger partial charge >= 0.3 is 12.6 Å². The second kappa shape index (κ2) is 8.84. The van der Waals surface area contributed by atoms with Crippen LogP contribution >= 0.6 is 0 Å². The third-order valence-electron chi connectivity index (χ3n) is 5.37. The van der Waals surface area contributed by atoms with Gasteiger partial charge in [-0.05, 0) is 42.5 Å². The first kappa shape index (κ1) is 19.8. The van der Waals surface area contributed by atoms with Crippen molar-refractivity contribution in [3.05, 3.63) is 29.3 Å². The molecule has 0 saturated carbocycles. The zero-order chi connectivity index (χ0) is 19.3. The molecule has 2 amide bonds. The zero-order valence-electron chi connectivity index (χ0n) is 15.4. The number of amides is 2. The van der Waals surface area contributed by atoms with Crippen LogP contribution in [0.25, 0.3) is 0 Å². The van der Waals surface area contributed by atoms with E-state index in [1.165, 1.54) is 6.07 Å². The van der Waals surface area contributed by atoms with Gasteiger partial charge in [-0.3, -0.25) is 0 Å². The van der Waals surface area contributed by atoms with Crippen LogP contribution in [0.15, 0.2) is 18.2 Å². The van der Waals surface area contributed by atoms with Crippen molar-refractivity contribution < 1.29 is 27.8 Å². The first-order valence-electron chi connectivity index (χ1n) is 9.26. The number of nitrogens with one attached hydrogen (secondary N) is 2. The van der Waals surface area contributed by atoms with Crippen molar-refractivity contribution in [3.63, 3.8) is 0 Å². The normalized spacial score (nSPS) is 21.4. The number of rotatable bonds is 6. The van der Waals surface area contributed by atoms with Crippen LogP contribution < -0.4 is 15.4 Å². The molecule has 1 unspecified atom stereocenters. The first-order valence-corrected chi connectivity index (χ1v) is 9.26. The lowest BCUT2D eigenvalue weighted by Crippen LogP contribution is -2.50. The van der Waals surface area contributed by atoms with Gasteiger partial charge in [0.2, 0.25) is 0 Å². The number of ether oxygens (including phenoxy) is 3. The molecule has 0 radical (unpaired) electrons. The maximum absolute atomic E-state index is 12.4. The van der Waals surface area contributed by atoms with E-state index < -0.39 is 6.61 Å². The van der Waals surface area contributed by atoms with Crippen molar-refractivity contribution in [2.75, 3.05) is 26.9 Å². The number of aryl methyl sites for hydroxylation is 1. The van der Waals surface area contributed by atoms with Gasteiger partial charge in [0.05, 0.1) is 11.6 Å². The summed E-state index contributed by atoms with van der Waals surface area (Å²) in [5, 5.41) is 5.90. The number of methoxy groups -OCH3 is 1. The second-order valence-electron chi connectivity index (χ2n) is 7.01. The molecule has 1 aromatic rings. The van der Waals surface area contributed by atoms with Crippen LogP contribution in [0, 0.1) is 0 Å². The molecule has 8 heteroatoms. The van der Waals surface area contributed by atoms with Crippen molar-refractivity contribution in [2.24, 2.45) is 0 Å². The van der Waals surface area contributed by atoms with E-state index in [9.17, 15) is 13.6 Å². The number of urea groups is 1. The van der Waals surface area contributed by atoms with Gasteiger partial charge in [-0.2, -0.15) is 8.78 Å². The highest BCUT2D eigenvalue weighted by Crippen LogP contribution is 2.32. The van der Waals surface area contributed by atoms with Crippen LogP contribution in [-0.2, 0) is 15.9 Å². The van der Waals surface area contributed by atoms with Gasteiger partial charge in [0.15, 0.2) is 0 Å². The average Bonchev–Trinajstić information content (AvgIpc) is 2.67. The summed E-state index contributed by atoms with van der Waals surface area (Å²) >= 11 is 0. The maximum atomic E-state index is 12.4. The van der Waals surface area contributed by atoms with Gasteiger partial charge in [-0.25, -0.2) is 4.79 Å². The lowest BCUT2D eigenvalue weighted by Gasteiger charge is -2.36. The SMILES string of the molecule is COC1(CNC(=O)NC2CCCc3cc(OC(F)F)ccc32)CCOCC1. The van der Waals surface area contributed by atoms with E-state index in [0.29, 0.717) is 19.8 Å². The number of benzene rings is 1. The molecule has 1 aromatic carbocycles. The molecule has 1 atom stereocenters. The lowest BCUT2D eigenvalue weighted by atomic mass is 9.87. The van der Waals surface area contributed by atoms with Crippen molar-refractivity contribution >= 4 is 6.03 Å². The van der Waals surface area contributed by atoms with Crippen molar-refractivity contribution in [1.29, 1.82) is 0 Å². The summed E-state index contributed by atoms with van der Waals surface area (Å²) in [4.78, 5) is 12.4. The summed E-state index contributed by atoms with van der Waals surface area (Å²) < 4.78 is 40.2. The minimum absolute atomic E-state index is 0.149. The molecule has 3 rings (SSSR count). The molecule has 2 aliphatic rings. The van der Waals surface area contributed by atoms with E-state index in [4.69, 9.17) is 9.47 Å². The van der Waals surface area contributed by atoms with E-state index in [2.05, 4.69) is 15.4 Å². The zero-order valence-corrected chi connectivity index (χ0v) is 15.4. The minimum Gasteiger partial charge on any atom is -0.435 e. The van der Waals surface area contributed by atoms with Gasteiger partial charge in [0.25, 0.3) is 0 Å². The second-order valence-corrected chi connectivity index (χ2v) is 7.01. The third-order valence-corrected chi connectivity index (χ3v) is 5.37. The third kappa shape index (κ3) is 5.07. The average molecular weight is 384 g/mol. The Morgan fingerprint density at radius 3 is 2.85 bits per heavy atom. The molecule has 0 bridgehead atoms. The Hall–Kier alpha value is -1.93. The quantitative estimate of drug-likeness (QED) is 0.791. The number of hydrogen-bond acceptors (Lipinski definition) is 4. The minimum atomic E-state index is -2.84. The number of carbonyl (C=O) groups is 1. The Morgan fingerprint density at radius 1 is 1.37 bits per heavy atom. The number of alkyl halides is 2. The summed E-state index contributed by atoms with van der Waals surface area (Å²) in [5.74, 6) is 0.149. The molecule has 150 valence electrons. The molecular weight excluding hydrogens is 358 g/mol. The lowest BCUT2D eigenvalue weighted by molar-refractivity contribution is -0.0861. The van der Waals surface area contributed by atoms with E-state index >= 15 is 0 Å². The molecule has 0 spiro atoms. The summed E-state index contributed by atoms with van der Waals surface area (Å²) in [7, 11) is 1.65.